The van der Waals surface area contributed by atoms with E-state index in [-0.39, 0.29) is 11.8 Å². The zero-order valence-corrected chi connectivity index (χ0v) is 14.8. The maximum absolute atomic E-state index is 12.9. The topological polar surface area (TPSA) is 58.6 Å². The second kappa shape index (κ2) is 7.15. The molecule has 0 saturated carbocycles. The second-order valence-electron chi connectivity index (χ2n) is 5.81. The smallest absolute Gasteiger partial charge is 0.254 e. The van der Waals surface area contributed by atoms with E-state index in [1.165, 1.54) is 6.92 Å². The summed E-state index contributed by atoms with van der Waals surface area (Å²) in [4.78, 5) is 25.9. The molecule has 0 saturated heterocycles. The third kappa shape index (κ3) is 3.46. The van der Waals surface area contributed by atoms with Gasteiger partial charge in [-0.25, -0.2) is 0 Å². The Bertz CT molecular complexity index is 805. The molecular formula is C19H19ClN2O3. The fraction of sp³-hybridized carbons (Fsp3) is 0.263. The maximum atomic E-state index is 12.9. The van der Waals surface area contributed by atoms with E-state index in [0.29, 0.717) is 23.9 Å². The van der Waals surface area contributed by atoms with Gasteiger partial charge >= 0.3 is 0 Å². The minimum Gasteiger partial charge on any atom is -0.494 e. The van der Waals surface area contributed by atoms with Gasteiger partial charge in [-0.05, 0) is 30.7 Å². The largest absolute Gasteiger partial charge is 0.494 e. The number of rotatable bonds is 5. The molecular weight excluding hydrogens is 340 g/mol. The number of fused-ring (bicyclic) bond motifs is 1. The molecule has 1 N–H and O–H groups in total. The molecule has 0 aliphatic carbocycles. The summed E-state index contributed by atoms with van der Waals surface area (Å²) < 4.78 is 5.44. The van der Waals surface area contributed by atoms with Crippen LogP contribution in [-0.2, 0) is 16.1 Å². The van der Waals surface area contributed by atoms with Gasteiger partial charge in [-0.3, -0.25) is 9.59 Å². The molecule has 6 heteroatoms. The number of carbonyl (C=O) groups is 2. The predicted octanol–water partition coefficient (Wildman–Crippen LogP) is 3.46. The van der Waals surface area contributed by atoms with E-state index in [2.05, 4.69) is 5.32 Å². The number of hydrogen-bond acceptors (Lipinski definition) is 3. The van der Waals surface area contributed by atoms with Crippen molar-refractivity contribution in [2.45, 2.75) is 26.4 Å². The molecule has 0 bridgehead atoms. The maximum Gasteiger partial charge on any atom is 0.254 e. The fourth-order valence-electron chi connectivity index (χ4n) is 2.99. The van der Waals surface area contributed by atoms with Crippen LogP contribution in [0.15, 0.2) is 42.5 Å². The van der Waals surface area contributed by atoms with Crippen molar-refractivity contribution in [1.82, 2.24) is 5.32 Å². The van der Waals surface area contributed by atoms with Crippen LogP contribution in [0.3, 0.4) is 0 Å². The highest BCUT2D eigenvalue weighted by Crippen LogP contribution is 2.41. The van der Waals surface area contributed by atoms with Gasteiger partial charge < -0.3 is 15.0 Å². The van der Waals surface area contributed by atoms with Crippen molar-refractivity contribution in [3.63, 3.8) is 0 Å². The summed E-state index contributed by atoms with van der Waals surface area (Å²) in [5.41, 5.74) is 2.33. The van der Waals surface area contributed by atoms with Crippen molar-refractivity contribution in [3.8, 4) is 5.75 Å². The Balaban J connectivity index is 1.91. The van der Waals surface area contributed by atoms with Gasteiger partial charge in [0.05, 0.1) is 23.9 Å². The van der Waals surface area contributed by atoms with Gasteiger partial charge in [0.2, 0.25) is 5.91 Å². The van der Waals surface area contributed by atoms with Gasteiger partial charge in [0.15, 0.2) is 0 Å². The molecule has 2 aromatic rings. The van der Waals surface area contributed by atoms with Crippen LogP contribution >= 0.6 is 11.6 Å². The number of benzene rings is 2. The van der Waals surface area contributed by atoms with Gasteiger partial charge in [-0.2, -0.15) is 0 Å². The van der Waals surface area contributed by atoms with E-state index in [4.69, 9.17) is 16.3 Å². The molecule has 1 aliphatic rings. The van der Waals surface area contributed by atoms with E-state index in [1.54, 1.807) is 17.0 Å². The first-order valence-corrected chi connectivity index (χ1v) is 8.47. The summed E-state index contributed by atoms with van der Waals surface area (Å²) in [6, 6.07) is 12.2. The van der Waals surface area contributed by atoms with E-state index < -0.39 is 6.04 Å². The van der Waals surface area contributed by atoms with Crippen LogP contribution < -0.4 is 15.0 Å². The number of amides is 2. The minimum atomic E-state index is -0.700. The minimum absolute atomic E-state index is 0.188. The van der Waals surface area contributed by atoms with Crippen LogP contribution in [0.1, 0.15) is 31.0 Å². The second-order valence-corrected chi connectivity index (χ2v) is 6.22. The van der Waals surface area contributed by atoms with E-state index in [0.717, 1.165) is 16.9 Å². The Kier molecular flexibility index (Phi) is 4.95. The molecule has 0 fully saturated rings. The highest BCUT2D eigenvalue weighted by atomic mass is 35.5. The molecule has 130 valence electrons. The Labute approximate surface area is 151 Å². The van der Waals surface area contributed by atoms with Crippen LogP contribution in [0.2, 0.25) is 5.02 Å². The summed E-state index contributed by atoms with van der Waals surface area (Å²) in [5, 5.41) is 3.20. The van der Waals surface area contributed by atoms with Crippen molar-refractivity contribution in [3.05, 3.63) is 58.6 Å². The number of carbonyl (C=O) groups excluding carboxylic acids is 2. The Morgan fingerprint density at radius 3 is 2.60 bits per heavy atom. The first-order chi connectivity index (χ1) is 12.0. The number of hydrogen-bond donors (Lipinski definition) is 1. The number of nitrogens with zero attached hydrogens (tertiary/aromatic N) is 1. The molecule has 2 aromatic carbocycles. The number of para-hydroxylation sites is 1. The summed E-state index contributed by atoms with van der Waals surface area (Å²) in [7, 11) is 0. The average Bonchev–Trinajstić information content (AvgIpc) is 2.83. The molecule has 25 heavy (non-hydrogen) atoms. The van der Waals surface area contributed by atoms with Crippen molar-refractivity contribution in [2.75, 3.05) is 11.5 Å². The summed E-state index contributed by atoms with van der Waals surface area (Å²) in [6.45, 7) is 4.30. The van der Waals surface area contributed by atoms with Gasteiger partial charge in [0.1, 0.15) is 11.8 Å². The van der Waals surface area contributed by atoms with Crippen molar-refractivity contribution in [1.29, 1.82) is 0 Å². The Hall–Kier alpha value is -2.53. The van der Waals surface area contributed by atoms with E-state index >= 15 is 0 Å². The van der Waals surface area contributed by atoms with Gasteiger partial charge in [0.25, 0.3) is 5.91 Å². The number of halogens is 1. The lowest BCUT2D eigenvalue weighted by Crippen LogP contribution is -2.36. The lowest BCUT2D eigenvalue weighted by Gasteiger charge is -2.19. The van der Waals surface area contributed by atoms with E-state index in [1.807, 2.05) is 37.3 Å². The third-order valence-electron chi connectivity index (χ3n) is 4.03. The molecule has 5 nitrogen and oxygen atoms in total. The molecule has 2 amide bonds. The van der Waals surface area contributed by atoms with Crippen LogP contribution in [0, 0.1) is 0 Å². The number of anilines is 1. The summed E-state index contributed by atoms with van der Waals surface area (Å²) >= 11 is 6.34. The summed E-state index contributed by atoms with van der Waals surface area (Å²) in [5.74, 6) is 0.341. The number of ether oxygens (including phenoxy) is 1. The lowest BCUT2D eigenvalue weighted by molar-refractivity contribution is -0.126. The van der Waals surface area contributed by atoms with Crippen LogP contribution in [0.4, 0.5) is 5.69 Å². The number of nitrogens with one attached hydrogen (secondary N) is 1. The molecule has 0 radical (unpaired) electrons. The Morgan fingerprint density at radius 1 is 1.24 bits per heavy atom. The van der Waals surface area contributed by atoms with Gasteiger partial charge in [0, 0.05) is 12.5 Å². The SMILES string of the molecule is CCOc1ccc(CN2C(=O)C(NC(C)=O)c3cccc(Cl)c32)cc1. The third-order valence-corrected chi connectivity index (χ3v) is 4.34. The summed E-state index contributed by atoms with van der Waals surface area (Å²) in [6.07, 6.45) is 0. The predicted molar refractivity (Wildman–Crippen MR) is 96.8 cm³/mol. The molecule has 3 rings (SSSR count). The average molecular weight is 359 g/mol. The Morgan fingerprint density at radius 2 is 1.96 bits per heavy atom. The van der Waals surface area contributed by atoms with Crippen LogP contribution in [0.25, 0.3) is 0 Å². The molecule has 1 heterocycles. The lowest BCUT2D eigenvalue weighted by atomic mass is 10.1. The zero-order valence-electron chi connectivity index (χ0n) is 14.1. The molecule has 0 aromatic heterocycles. The van der Waals surface area contributed by atoms with E-state index in [9.17, 15) is 9.59 Å². The van der Waals surface area contributed by atoms with Crippen LogP contribution in [-0.4, -0.2) is 18.4 Å². The fourth-order valence-corrected chi connectivity index (χ4v) is 3.27. The zero-order chi connectivity index (χ0) is 18.0. The van der Waals surface area contributed by atoms with Crippen molar-refractivity contribution in [2.24, 2.45) is 0 Å². The van der Waals surface area contributed by atoms with Gasteiger partial charge in [-0.1, -0.05) is 35.9 Å². The van der Waals surface area contributed by atoms with Crippen molar-refractivity contribution >= 4 is 29.1 Å². The normalized spacial score (nSPS) is 15.9. The highest BCUT2D eigenvalue weighted by molar-refractivity contribution is 6.34. The first kappa shape index (κ1) is 17.3. The quantitative estimate of drug-likeness (QED) is 0.890. The van der Waals surface area contributed by atoms with Crippen molar-refractivity contribution < 1.29 is 14.3 Å². The molecule has 1 atom stereocenters. The van der Waals surface area contributed by atoms with Gasteiger partial charge in [-0.15, -0.1) is 0 Å². The monoisotopic (exact) mass is 358 g/mol. The standard InChI is InChI=1S/C19H19ClN2O3/c1-3-25-14-9-7-13(8-10-14)11-22-18-15(5-4-6-16(18)20)17(19(22)24)21-12(2)23/h4-10,17H,3,11H2,1-2H3,(H,21,23). The molecule has 0 spiro atoms. The molecule has 1 unspecified atom stereocenters. The highest BCUT2D eigenvalue weighted by Gasteiger charge is 2.39. The molecule has 1 aliphatic heterocycles. The first-order valence-electron chi connectivity index (χ1n) is 8.10. The van der Waals surface area contributed by atoms with Crippen LogP contribution in [0.5, 0.6) is 5.75 Å².